The van der Waals surface area contributed by atoms with Gasteiger partial charge in [0.1, 0.15) is 5.75 Å². The quantitative estimate of drug-likeness (QED) is 0.809. The van der Waals surface area contributed by atoms with Crippen LogP contribution < -0.4 is 10.1 Å². The van der Waals surface area contributed by atoms with Gasteiger partial charge in [-0.3, -0.25) is 0 Å². The number of hydrogen-bond acceptors (Lipinski definition) is 2. The van der Waals surface area contributed by atoms with Gasteiger partial charge in [0, 0.05) is 10.5 Å². The molecule has 2 nitrogen and oxygen atoms in total. The van der Waals surface area contributed by atoms with Gasteiger partial charge in [-0.15, -0.1) is 0 Å². The second-order valence-electron chi connectivity index (χ2n) is 5.07. The molecule has 0 aliphatic heterocycles. The molecule has 0 saturated heterocycles. The lowest BCUT2D eigenvalue weighted by Gasteiger charge is -2.20. The van der Waals surface area contributed by atoms with E-state index in [0.29, 0.717) is 6.04 Å². The van der Waals surface area contributed by atoms with Crippen LogP contribution in [0.1, 0.15) is 18.1 Å². The van der Waals surface area contributed by atoms with Crippen LogP contribution in [0, 0.1) is 0 Å². The number of ether oxygens (including phenoxy) is 1. The Balaban J connectivity index is 2.14. The maximum absolute atomic E-state index is 5.46. The Morgan fingerprint density at radius 2 is 1.62 bits per heavy atom. The van der Waals surface area contributed by atoms with Gasteiger partial charge in [-0.25, -0.2) is 0 Å². The van der Waals surface area contributed by atoms with Crippen molar-refractivity contribution < 1.29 is 4.74 Å². The van der Waals surface area contributed by atoms with Crippen LogP contribution in [-0.2, 0) is 12.8 Å². The predicted molar refractivity (Wildman–Crippen MR) is 92.0 cm³/mol. The van der Waals surface area contributed by atoms with Gasteiger partial charge in [-0.05, 0) is 42.6 Å². The van der Waals surface area contributed by atoms with E-state index in [-0.39, 0.29) is 0 Å². The molecule has 112 valence electrons. The summed E-state index contributed by atoms with van der Waals surface area (Å²) in [6.07, 6.45) is 1.95. The summed E-state index contributed by atoms with van der Waals surface area (Å²) in [7, 11) is 1.73. The molecule has 0 radical (unpaired) electrons. The SMILES string of the molecule is CCNC(Cc1ccccc1Br)Cc1ccccc1OC. The highest BCUT2D eigenvalue weighted by atomic mass is 79.9. The summed E-state index contributed by atoms with van der Waals surface area (Å²) < 4.78 is 6.64. The summed E-state index contributed by atoms with van der Waals surface area (Å²) in [5.74, 6) is 0.965. The summed E-state index contributed by atoms with van der Waals surface area (Å²) in [6.45, 7) is 3.11. The van der Waals surface area contributed by atoms with Gasteiger partial charge in [0.2, 0.25) is 0 Å². The molecule has 2 rings (SSSR count). The second-order valence-corrected chi connectivity index (χ2v) is 5.92. The van der Waals surface area contributed by atoms with Crippen LogP contribution in [0.4, 0.5) is 0 Å². The lowest BCUT2D eigenvalue weighted by Crippen LogP contribution is -2.33. The Morgan fingerprint density at radius 1 is 1.00 bits per heavy atom. The largest absolute Gasteiger partial charge is 0.496 e. The van der Waals surface area contributed by atoms with Crippen LogP contribution >= 0.6 is 15.9 Å². The third kappa shape index (κ3) is 4.58. The first kappa shape index (κ1) is 16.1. The van der Waals surface area contributed by atoms with Gasteiger partial charge in [0.05, 0.1) is 7.11 Å². The van der Waals surface area contributed by atoms with Gasteiger partial charge in [-0.2, -0.15) is 0 Å². The summed E-state index contributed by atoms with van der Waals surface area (Å²) in [5.41, 5.74) is 2.58. The highest BCUT2D eigenvalue weighted by Gasteiger charge is 2.13. The smallest absolute Gasteiger partial charge is 0.122 e. The summed E-state index contributed by atoms with van der Waals surface area (Å²) in [6, 6.07) is 17.1. The van der Waals surface area contributed by atoms with Crippen LogP contribution in [0.2, 0.25) is 0 Å². The Labute approximate surface area is 135 Å². The lowest BCUT2D eigenvalue weighted by molar-refractivity contribution is 0.404. The third-order valence-corrected chi connectivity index (χ3v) is 4.35. The van der Waals surface area contributed by atoms with Crippen molar-refractivity contribution in [3.63, 3.8) is 0 Å². The van der Waals surface area contributed by atoms with E-state index in [1.165, 1.54) is 15.6 Å². The zero-order chi connectivity index (χ0) is 15.1. The van der Waals surface area contributed by atoms with Crippen LogP contribution in [0.15, 0.2) is 53.0 Å². The molecule has 0 bridgehead atoms. The Kier molecular flexibility index (Phi) is 6.27. The Morgan fingerprint density at radius 3 is 2.29 bits per heavy atom. The summed E-state index contributed by atoms with van der Waals surface area (Å²) >= 11 is 3.64. The average Bonchev–Trinajstić information content (AvgIpc) is 2.50. The second kappa shape index (κ2) is 8.20. The number of para-hydroxylation sites is 1. The topological polar surface area (TPSA) is 21.3 Å². The first-order chi connectivity index (χ1) is 10.2. The van der Waals surface area contributed by atoms with Crippen LogP contribution in [0.25, 0.3) is 0 Å². The van der Waals surface area contributed by atoms with Crippen LogP contribution in [0.3, 0.4) is 0 Å². The van der Waals surface area contributed by atoms with E-state index in [4.69, 9.17) is 4.74 Å². The molecular weight excluding hydrogens is 326 g/mol. The minimum atomic E-state index is 0.394. The summed E-state index contributed by atoms with van der Waals surface area (Å²) in [4.78, 5) is 0. The molecule has 0 amide bonds. The van der Waals surface area contributed by atoms with Crippen molar-refractivity contribution in [1.82, 2.24) is 5.32 Å². The highest BCUT2D eigenvalue weighted by Crippen LogP contribution is 2.22. The fraction of sp³-hybridized carbons (Fsp3) is 0.333. The number of rotatable bonds is 7. The van der Waals surface area contributed by atoms with Crippen LogP contribution in [-0.4, -0.2) is 19.7 Å². The number of likely N-dealkylation sites (N-methyl/N-ethyl adjacent to an activating group) is 1. The number of hydrogen-bond donors (Lipinski definition) is 1. The van der Waals surface area contributed by atoms with Gasteiger partial charge >= 0.3 is 0 Å². The Hall–Kier alpha value is -1.32. The van der Waals surface area contributed by atoms with E-state index in [0.717, 1.165) is 25.1 Å². The van der Waals surface area contributed by atoms with Crippen molar-refractivity contribution in [3.8, 4) is 5.75 Å². The highest BCUT2D eigenvalue weighted by molar-refractivity contribution is 9.10. The minimum absolute atomic E-state index is 0.394. The zero-order valence-corrected chi connectivity index (χ0v) is 14.2. The average molecular weight is 348 g/mol. The standard InChI is InChI=1S/C18H22BrNO/c1-3-20-16(12-14-8-4-6-10-17(14)19)13-15-9-5-7-11-18(15)21-2/h4-11,16,20H,3,12-13H2,1-2H3. The number of methoxy groups -OCH3 is 1. The van der Waals surface area contributed by atoms with Gasteiger partial charge < -0.3 is 10.1 Å². The Bertz CT molecular complexity index is 571. The molecule has 1 N–H and O–H groups in total. The normalized spacial score (nSPS) is 12.1. The molecule has 0 fully saturated rings. The molecule has 0 saturated carbocycles. The molecule has 0 aliphatic rings. The maximum Gasteiger partial charge on any atom is 0.122 e. The number of halogens is 1. The van der Waals surface area contributed by atoms with E-state index in [1.807, 2.05) is 12.1 Å². The first-order valence-corrected chi connectivity index (χ1v) is 8.12. The van der Waals surface area contributed by atoms with Crippen LogP contribution in [0.5, 0.6) is 5.75 Å². The van der Waals surface area contributed by atoms with E-state index < -0.39 is 0 Å². The predicted octanol–water partition coefficient (Wildman–Crippen LogP) is 4.22. The fourth-order valence-corrected chi connectivity index (χ4v) is 3.02. The fourth-order valence-electron chi connectivity index (χ4n) is 2.57. The molecular formula is C18H22BrNO. The summed E-state index contributed by atoms with van der Waals surface area (Å²) in [5, 5.41) is 3.58. The van der Waals surface area contributed by atoms with Crippen molar-refractivity contribution in [2.24, 2.45) is 0 Å². The maximum atomic E-state index is 5.46. The van der Waals surface area contributed by atoms with Gasteiger partial charge in [0.25, 0.3) is 0 Å². The van der Waals surface area contributed by atoms with E-state index in [1.54, 1.807) is 7.11 Å². The molecule has 0 aliphatic carbocycles. The molecule has 0 spiro atoms. The third-order valence-electron chi connectivity index (χ3n) is 3.58. The van der Waals surface area contributed by atoms with Crippen molar-refractivity contribution in [2.75, 3.05) is 13.7 Å². The van der Waals surface area contributed by atoms with Gasteiger partial charge in [-0.1, -0.05) is 59.3 Å². The zero-order valence-electron chi connectivity index (χ0n) is 12.6. The molecule has 2 aromatic rings. The number of benzene rings is 2. The van der Waals surface area contributed by atoms with E-state index in [2.05, 4.69) is 64.6 Å². The number of nitrogens with one attached hydrogen (secondary N) is 1. The van der Waals surface area contributed by atoms with Crippen molar-refractivity contribution in [2.45, 2.75) is 25.8 Å². The molecule has 0 aromatic heterocycles. The minimum Gasteiger partial charge on any atom is -0.496 e. The molecule has 0 heterocycles. The van der Waals surface area contributed by atoms with Crippen molar-refractivity contribution in [1.29, 1.82) is 0 Å². The first-order valence-electron chi connectivity index (χ1n) is 7.33. The monoisotopic (exact) mass is 347 g/mol. The molecule has 2 aromatic carbocycles. The van der Waals surface area contributed by atoms with E-state index in [9.17, 15) is 0 Å². The molecule has 1 atom stereocenters. The van der Waals surface area contributed by atoms with E-state index >= 15 is 0 Å². The van der Waals surface area contributed by atoms with Crippen molar-refractivity contribution >= 4 is 15.9 Å². The molecule has 3 heteroatoms. The molecule has 21 heavy (non-hydrogen) atoms. The lowest BCUT2D eigenvalue weighted by atomic mass is 9.98. The molecule has 1 unspecified atom stereocenters. The van der Waals surface area contributed by atoms with Crippen molar-refractivity contribution in [3.05, 3.63) is 64.1 Å². The van der Waals surface area contributed by atoms with Gasteiger partial charge in [0.15, 0.2) is 0 Å².